The maximum atomic E-state index is 3.56. The molecule has 0 aliphatic heterocycles. The lowest BCUT2D eigenvalue weighted by atomic mass is 9.89. The fourth-order valence-corrected chi connectivity index (χ4v) is 1.99. The third kappa shape index (κ3) is 0.715. The molecule has 0 unspecified atom stereocenters. The van der Waals surface area contributed by atoms with Gasteiger partial charge in [-0.1, -0.05) is 40.2 Å². The van der Waals surface area contributed by atoms with E-state index in [1.807, 2.05) is 0 Å². The Morgan fingerprint density at radius 3 is 2.67 bits per heavy atom. The van der Waals surface area contributed by atoms with Crippen LogP contribution in [0.25, 0.3) is 0 Å². The van der Waals surface area contributed by atoms with Crippen LogP contribution < -0.4 is 0 Å². The molecule has 1 aromatic rings. The summed E-state index contributed by atoms with van der Waals surface area (Å²) in [5.41, 5.74) is 2.97. The molecule has 0 radical (unpaired) electrons. The van der Waals surface area contributed by atoms with E-state index in [0.717, 1.165) is 0 Å². The second-order valence-corrected chi connectivity index (χ2v) is 3.48. The topological polar surface area (TPSA) is 0 Å². The lowest BCUT2D eigenvalue weighted by Gasteiger charge is -2.24. The van der Waals surface area contributed by atoms with Gasteiger partial charge in [-0.25, -0.2) is 0 Å². The molecule has 1 atom stereocenters. The number of fused-ring (bicyclic) bond motifs is 1. The number of rotatable bonds is 0. The highest BCUT2D eigenvalue weighted by Gasteiger charge is 2.21. The van der Waals surface area contributed by atoms with Gasteiger partial charge in [0.05, 0.1) is 0 Å². The molecule has 0 nitrogen and oxygen atoms in total. The highest BCUT2D eigenvalue weighted by molar-refractivity contribution is 9.09. The molecule has 0 N–H and O–H groups in total. The molecule has 1 aliphatic rings. The number of alkyl halides is 1. The summed E-state index contributed by atoms with van der Waals surface area (Å²) in [5, 5.41) is 0. The summed E-state index contributed by atoms with van der Waals surface area (Å²) in [7, 11) is 0. The molecule has 0 bridgehead atoms. The molecule has 0 saturated carbocycles. The first kappa shape index (κ1) is 5.48. The van der Waals surface area contributed by atoms with Gasteiger partial charge < -0.3 is 0 Å². The van der Waals surface area contributed by atoms with Crippen molar-refractivity contribution in [1.82, 2.24) is 0 Å². The van der Waals surface area contributed by atoms with E-state index >= 15 is 0 Å². The zero-order valence-corrected chi connectivity index (χ0v) is 6.56. The number of halogens is 1. The Morgan fingerprint density at radius 1 is 1.33 bits per heavy atom. The van der Waals surface area contributed by atoms with Gasteiger partial charge in [0.25, 0.3) is 0 Å². The van der Waals surface area contributed by atoms with Crippen molar-refractivity contribution < 1.29 is 0 Å². The Labute approximate surface area is 63.0 Å². The molecule has 1 aromatic carbocycles. The predicted molar refractivity (Wildman–Crippen MR) is 41.8 cm³/mol. The molecule has 1 aliphatic carbocycles. The molecule has 0 saturated heterocycles. The van der Waals surface area contributed by atoms with Gasteiger partial charge in [-0.2, -0.15) is 0 Å². The monoisotopic (exact) mass is 182 g/mol. The van der Waals surface area contributed by atoms with Crippen LogP contribution in [0.15, 0.2) is 24.3 Å². The third-order valence-corrected chi connectivity index (χ3v) is 2.61. The molecule has 9 heavy (non-hydrogen) atoms. The van der Waals surface area contributed by atoms with Gasteiger partial charge in [-0.3, -0.25) is 0 Å². The first-order valence-electron chi connectivity index (χ1n) is 3.10. The van der Waals surface area contributed by atoms with Crippen LogP contribution in [0, 0.1) is 0 Å². The average Bonchev–Trinajstić information content (AvgIpc) is 1.86. The molecular formula is C8H7Br. The van der Waals surface area contributed by atoms with Crippen molar-refractivity contribution in [3.05, 3.63) is 35.4 Å². The van der Waals surface area contributed by atoms with Crippen LogP contribution in [0.5, 0.6) is 0 Å². The Bertz CT molecular complexity index is 230. The highest BCUT2D eigenvalue weighted by atomic mass is 79.9. The second-order valence-electron chi connectivity index (χ2n) is 2.37. The van der Waals surface area contributed by atoms with E-state index in [4.69, 9.17) is 0 Å². The van der Waals surface area contributed by atoms with Crippen molar-refractivity contribution >= 4 is 15.9 Å². The first-order chi connectivity index (χ1) is 4.38. The normalized spacial score (nSPS) is 22.6. The zero-order chi connectivity index (χ0) is 6.27. The quantitative estimate of drug-likeness (QED) is 0.542. The highest BCUT2D eigenvalue weighted by Crippen LogP contribution is 2.38. The summed E-state index contributed by atoms with van der Waals surface area (Å²) in [5.74, 6) is 0. The van der Waals surface area contributed by atoms with E-state index in [1.165, 1.54) is 17.5 Å². The zero-order valence-electron chi connectivity index (χ0n) is 4.97. The summed E-state index contributed by atoms with van der Waals surface area (Å²) in [6.07, 6.45) is 1.20. The number of hydrogen-bond acceptors (Lipinski definition) is 0. The molecular weight excluding hydrogens is 176 g/mol. The first-order valence-corrected chi connectivity index (χ1v) is 4.01. The van der Waals surface area contributed by atoms with Crippen LogP contribution in [0.2, 0.25) is 0 Å². The van der Waals surface area contributed by atoms with Crippen molar-refractivity contribution in [3.8, 4) is 0 Å². The van der Waals surface area contributed by atoms with Crippen molar-refractivity contribution in [3.63, 3.8) is 0 Å². The lowest BCUT2D eigenvalue weighted by Crippen LogP contribution is -2.10. The molecule has 0 spiro atoms. The van der Waals surface area contributed by atoms with Crippen LogP contribution >= 0.6 is 15.9 Å². The molecule has 2 rings (SSSR count). The molecule has 0 aromatic heterocycles. The Kier molecular flexibility index (Phi) is 1.12. The van der Waals surface area contributed by atoms with E-state index in [-0.39, 0.29) is 0 Å². The van der Waals surface area contributed by atoms with Gasteiger partial charge in [-0.15, -0.1) is 0 Å². The van der Waals surface area contributed by atoms with Crippen LogP contribution in [0.3, 0.4) is 0 Å². The summed E-state index contributed by atoms with van der Waals surface area (Å²) >= 11 is 3.56. The minimum absolute atomic E-state index is 0.633. The molecule has 0 heterocycles. The minimum Gasteiger partial charge on any atom is -0.0835 e. The maximum Gasteiger partial charge on any atom is 0.0438 e. The molecule has 0 fully saturated rings. The van der Waals surface area contributed by atoms with Crippen LogP contribution in [0.4, 0.5) is 0 Å². The second kappa shape index (κ2) is 1.84. The Morgan fingerprint density at radius 2 is 2.11 bits per heavy atom. The van der Waals surface area contributed by atoms with E-state index in [9.17, 15) is 0 Å². The fraction of sp³-hybridized carbons (Fsp3) is 0.250. The standard InChI is InChI=1S/C8H7Br/c9-8-5-6-3-1-2-4-7(6)8/h1-4,8H,5H2/t8-/m1/s1. The number of benzene rings is 1. The van der Waals surface area contributed by atoms with Gasteiger partial charge in [0.15, 0.2) is 0 Å². The maximum absolute atomic E-state index is 3.56. The molecule has 46 valence electrons. The summed E-state index contributed by atoms with van der Waals surface area (Å²) in [4.78, 5) is 0.633. The van der Waals surface area contributed by atoms with Crippen molar-refractivity contribution in [2.75, 3.05) is 0 Å². The largest absolute Gasteiger partial charge is 0.0835 e. The fourth-order valence-electron chi connectivity index (χ4n) is 1.20. The minimum atomic E-state index is 0.633. The van der Waals surface area contributed by atoms with E-state index in [2.05, 4.69) is 40.2 Å². The summed E-state index contributed by atoms with van der Waals surface area (Å²) in [6, 6.07) is 8.55. The summed E-state index contributed by atoms with van der Waals surface area (Å²) in [6.45, 7) is 0. The number of hydrogen-bond donors (Lipinski definition) is 0. The smallest absolute Gasteiger partial charge is 0.0438 e. The van der Waals surface area contributed by atoms with E-state index < -0.39 is 0 Å². The SMILES string of the molecule is Br[C@@H]1Cc2ccccc21. The predicted octanol–water partition coefficient (Wildman–Crippen LogP) is 2.68. The van der Waals surface area contributed by atoms with Crippen molar-refractivity contribution in [2.45, 2.75) is 11.2 Å². The average molecular weight is 183 g/mol. The van der Waals surface area contributed by atoms with Gasteiger partial charge in [0.2, 0.25) is 0 Å². The van der Waals surface area contributed by atoms with Gasteiger partial charge in [-0.05, 0) is 17.5 Å². The van der Waals surface area contributed by atoms with Crippen LogP contribution in [-0.2, 0) is 6.42 Å². The van der Waals surface area contributed by atoms with Crippen LogP contribution in [-0.4, -0.2) is 0 Å². The van der Waals surface area contributed by atoms with Crippen LogP contribution in [0.1, 0.15) is 16.0 Å². The molecule has 0 amide bonds. The van der Waals surface area contributed by atoms with Gasteiger partial charge >= 0.3 is 0 Å². The lowest BCUT2D eigenvalue weighted by molar-refractivity contribution is 0.830. The van der Waals surface area contributed by atoms with Crippen molar-refractivity contribution in [2.24, 2.45) is 0 Å². The Hall–Kier alpha value is -0.300. The van der Waals surface area contributed by atoms with E-state index in [0.29, 0.717) is 4.83 Å². The molecule has 1 heteroatoms. The summed E-state index contributed by atoms with van der Waals surface area (Å²) < 4.78 is 0. The van der Waals surface area contributed by atoms with Crippen molar-refractivity contribution in [1.29, 1.82) is 0 Å². The third-order valence-electron chi connectivity index (χ3n) is 1.79. The Balaban J connectivity index is 2.51. The van der Waals surface area contributed by atoms with Gasteiger partial charge in [0.1, 0.15) is 0 Å². The van der Waals surface area contributed by atoms with Gasteiger partial charge in [0, 0.05) is 4.83 Å². The van der Waals surface area contributed by atoms with E-state index in [1.54, 1.807) is 0 Å².